The molecule has 0 radical (unpaired) electrons. The Morgan fingerprint density at radius 2 is 2.29 bits per heavy atom. The predicted molar refractivity (Wildman–Crippen MR) is 91.1 cm³/mol. The number of hydrogen-bond donors (Lipinski definition) is 1. The van der Waals surface area contributed by atoms with Gasteiger partial charge in [-0.3, -0.25) is 4.79 Å². The highest BCUT2D eigenvalue weighted by Crippen LogP contribution is 2.28. The topological polar surface area (TPSA) is 73.0 Å². The van der Waals surface area contributed by atoms with E-state index in [4.69, 9.17) is 4.42 Å². The molecular formula is C17H18N4O2S. The van der Waals surface area contributed by atoms with E-state index < -0.39 is 0 Å². The molecule has 1 N–H and O–H groups in total. The number of amides is 1. The van der Waals surface area contributed by atoms with Gasteiger partial charge in [0.2, 0.25) is 0 Å². The summed E-state index contributed by atoms with van der Waals surface area (Å²) in [4.78, 5) is 22.5. The van der Waals surface area contributed by atoms with Gasteiger partial charge in [0.25, 0.3) is 5.91 Å². The number of hydrogen-bond acceptors (Lipinski definition) is 5. The summed E-state index contributed by atoms with van der Waals surface area (Å²) in [5.41, 5.74) is 1.51. The Bertz CT molecular complexity index is 879. The lowest BCUT2D eigenvalue weighted by atomic mass is 10.1. The van der Waals surface area contributed by atoms with E-state index in [2.05, 4.69) is 19.9 Å². The Morgan fingerprint density at radius 1 is 1.42 bits per heavy atom. The van der Waals surface area contributed by atoms with Crippen molar-refractivity contribution >= 4 is 17.2 Å². The number of carbonyl (C=O) groups excluding carboxylic acids is 1. The smallest absolute Gasteiger partial charge is 0.271 e. The number of fused-ring (bicyclic) bond motifs is 1. The average molecular weight is 342 g/mol. The minimum atomic E-state index is -0.119. The highest BCUT2D eigenvalue weighted by molar-refractivity contribution is 7.15. The summed E-state index contributed by atoms with van der Waals surface area (Å²) >= 11 is 1.47. The van der Waals surface area contributed by atoms with Crippen LogP contribution in [0, 0.1) is 13.8 Å². The summed E-state index contributed by atoms with van der Waals surface area (Å²) in [7, 11) is 0. The molecule has 24 heavy (non-hydrogen) atoms. The highest BCUT2D eigenvalue weighted by atomic mass is 32.1. The average Bonchev–Trinajstić information content (AvgIpc) is 3.24. The third-order valence-electron chi connectivity index (χ3n) is 4.19. The van der Waals surface area contributed by atoms with E-state index in [1.54, 1.807) is 6.26 Å². The number of rotatable bonds is 3. The van der Waals surface area contributed by atoms with Crippen LogP contribution >= 0.6 is 11.3 Å². The molecule has 0 bridgehead atoms. The van der Waals surface area contributed by atoms with Crippen LogP contribution in [0.5, 0.6) is 0 Å². The van der Waals surface area contributed by atoms with Gasteiger partial charge in [-0.2, -0.15) is 0 Å². The van der Waals surface area contributed by atoms with Gasteiger partial charge in [0.15, 0.2) is 10.8 Å². The molecule has 1 atom stereocenters. The van der Waals surface area contributed by atoms with E-state index >= 15 is 0 Å². The van der Waals surface area contributed by atoms with E-state index in [0.717, 1.165) is 40.8 Å². The van der Waals surface area contributed by atoms with Crippen LogP contribution in [0.25, 0.3) is 10.8 Å². The lowest BCUT2D eigenvalue weighted by Gasteiger charge is -2.24. The first-order valence-electron chi connectivity index (χ1n) is 7.95. The fourth-order valence-corrected chi connectivity index (χ4v) is 3.95. The summed E-state index contributed by atoms with van der Waals surface area (Å²) in [5, 5.41) is 3.85. The van der Waals surface area contributed by atoms with Gasteiger partial charge in [-0.1, -0.05) is 0 Å². The van der Waals surface area contributed by atoms with Gasteiger partial charge < -0.3 is 14.3 Å². The largest absolute Gasteiger partial charge is 0.462 e. The van der Waals surface area contributed by atoms with Crippen LogP contribution < -0.4 is 5.32 Å². The maximum absolute atomic E-state index is 12.6. The molecular weight excluding hydrogens is 324 g/mol. The lowest BCUT2D eigenvalue weighted by molar-refractivity contribution is 0.0922. The molecule has 4 rings (SSSR count). The maximum Gasteiger partial charge on any atom is 0.271 e. The Morgan fingerprint density at radius 3 is 3.08 bits per heavy atom. The van der Waals surface area contributed by atoms with E-state index in [0.29, 0.717) is 11.5 Å². The highest BCUT2D eigenvalue weighted by Gasteiger charge is 2.24. The molecule has 6 nitrogen and oxygen atoms in total. The molecule has 1 aliphatic rings. The van der Waals surface area contributed by atoms with Gasteiger partial charge in [-0.15, -0.1) is 11.3 Å². The van der Waals surface area contributed by atoms with Crippen LogP contribution in [0.15, 0.2) is 29.0 Å². The summed E-state index contributed by atoms with van der Waals surface area (Å²) < 4.78 is 7.50. The molecule has 4 heterocycles. The SMILES string of the molecule is Cc1cn2c(n1)CC[C@H](NC(=O)c1nc(-c3ccco3)sc1C)C2. The van der Waals surface area contributed by atoms with Crippen LogP contribution in [0.4, 0.5) is 0 Å². The van der Waals surface area contributed by atoms with Crippen molar-refractivity contribution in [3.8, 4) is 10.8 Å². The number of nitrogens with zero attached hydrogens (tertiary/aromatic N) is 3. The Balaban J connectivity index is 1.49. The molecule has 1 amide bonds. The van der Waals surface area contributed by atoms with Crippen LogP contribution in [0.2, 0.25) is 0 Å². The van der Waals surface area contributed by atoms with Crippen molar-refractivity contribution in [1.29, 1.82) is 0 Å². The van der Waals surface area contributed by atoms with E-state index in [1.807, 2.05) is 32.2 Å². The fourth-order valence-electron chi connectivity index (χ4n) is 3.07. The molecule has 0 saturated heterocycles. The zero-order valence-electron chi connectivity index (χ0n) is 13.6. The first-order chi connectivity index (χ1) is 11.6. The predicted octanol–water partition coefficient (Wildman–Crippen LogP) is 2.96. The Kier molecular flexibility index (Phi) is 3.72. The van der Waals surface area contributed by atoms with Gasteiger partial charge in [-0.05, 0) is 32.4 Å². The third kappa shape index (κ3) is 2.75. The zero-order valence-corrected chi connectivity index (χ0v) is 14.4. The number of nitrogens with one attached hydrogen (secondary N) is 1. The first kappa shape index (κ1) is 15.1. The summed E-state index contributed by atoms with van der Waals surface area (Å²) in [6.07, 6.45) is 5.43. The quantitative estimate of drug-likeness (QED) is 0.794. The Labute approximate surface area is 143 Å². The third-order valence-corrected chi connectivity index (χ3v) is 5.18. The van der Waals surface area contributed by atoms with Crippen LogP contribution in [0.1, 0.15) is 33.3 Å². The van der Waals surface area contributed by atoms with Crippen molar-refractivity contribution in [2.24, 2.45) is 0 Å². The van der Waals surface area contributed by atoms with Crippen molar-refractivity contribution in [3.05, 3.63) is 46.7 Å². The van der Waals surface area contributed by atoms with E-state index in [9.17, 15) is 4.79 Å². The molecule has 0 spiro atoms. The number of aryl methyl sites for hydroxylation is 3. The normalized spacial score (nSPS) is 16.8. The number of imidazole rings is 1. The van der Waals surface area contributed by atoms with Crippen molar-refractivity contribution in [2.45, 2.75) is 39.3 Å². The maximum atomic E-state index is 12.6. The van der Waals surface area contributed by atoms with Crippen molar-refractivity contribution in [1.82, 2.24) is 19.9 Å². The second-order valence-corrected chi connectivity index (χ2v) is 7.26. The standard InChI is InChI=1S/C17H18N4O2S/c1-10-8-21-9-12(5-6-14(21)18-10)19-16(22)15-11(2)24-17(20-15)13-4-3-7-23-13/h3-4,7-8,12H,5-6,9H2,1-2H3,(H,19,22)/t12-/m0/s1. The molecule has 124 valence electrons. The van der Waals surface area contributed by atoms with Gasteiger partial charge in [0.05, 0.1) is 12.0 Å². The first-order valence-corrected chi connectivity index (χ1v) is 8.76. The molecule has 0 aliphatic carbocycles. The number of furan rings is 1. The van der Waals surface area contributed by atoms with Gasteiger partial charge >= 0.3 is 0 Å². The molecule has 1 aliphatic heterocycles. The minimum Gasteiger partial charge on any atom is -0.462 e. The molecule has 3 aromatic rings. The molecule has 3 aromatic heterocycles. The van der Waals surface area contributed by atoms with Crippen molar-refractivity contribution in [2.75, 3.05) is 0 Å². The summed E-state index contributed by atoms with van der Waals surface area (Å²) in [6.45, 7) is 4.67. The lowest BCUT2D eigenvalue weighted by Crippen LogP contribution is -2.41. The second kappa shape index (κ2) is 5.90. The monoisotopic (exact) mass is 342 g/mol. The minimum absolute atomic E-state index is 0.103. The van der Waals surface area contributed by atoms with Crippen LogP contribution in [0.3, 0.4) is 0 Å². The molecule has 7 heteroatoms. The second-order valence-electron chi connectivity index (χ2n) is 6.06. The van der Waals surface area contributed by atoms with E-state index in [1.165, 1.54) is 11.3 Å². The van der Waals surface area contributed by atoms with Crippen molar-refractivity contribution < 1.29 is 9.21 Å². The van der Waals surface area contributed by atoms with Gasteiger partial charge in [-0.25, -0.2) is 9.97 Å². The number of thiazole rings is 1. The van der Waals surface area contributed by atoms with Gasteiger partial charge in [0, 0.05) is 30.1 Å². The van der Waals surface area contributed by atoms with Crippen LogP contribution in [-0.4, -0.2) is 26.5 Å². The van der Waals surface area contributed by atoms with Crippen molar-refractivity contribution in [3.63, 3.8) is 0 Å². The summed E-state index contributed by atoms with van der Waals surface area (Å²) in [6, 6.07) is 3.77. The molecule has 0 fully saturated rings. The van der Waals surface area contributed by atoms with E-state index in [-0.39, 0.29) is 11.9 Å². The molecule has 0 unspecified atom stereocenters. The van der Waals surface area contributed by atoms with Gasteiger partial charge in [0.1, 0.15) is 11.5 Å². The Hall–Kier alpha value is -2.41. The molecule has 0 aromatic carbocycles. The summed E-state index contributed by atoms with van der Waals surface area (Å²) in [5.74, 6) is 1.67. The fraction of sp³-hybridized carbons (Fsp3) is 0.353. The van der Waals surface area contributed by atoms with Crippen LogP contribution in [-0.2, 0) is 13.0 Å². The zero-order chi connectivity index (χ0) is 16.7. The number of carbonyl (C=O) groups is 1. The number of aromatic nitrogens is 3. The molecule has 0 saturated carbocycles.